The van der Waals surface area contributed by atoms with Crippen LogP contribution in [-0.2, 0) is 14.3 Å². The van der Waals surface area contributed by atoms with E-state index in [4.69, 9.17) is 14.6 Å². The fraction of sp³-hybridized carbons (Fsp3) is 0.857. The smallest absolute Gasteiger partial charge is 0.407 e. The summed E-state index contributed by atoms with van der Waals surface area (Å²) in [4.78, 5) is 22.8. The average molecular weight is 287 g/mol. The van der Waals surface area contributed by atoms with Crippen molar-refractivity contribution in [1.29, 1.82) is 0 Å². The van der Waals surface area contributed by atoms with Gasteiger partial charge in [-0.1, -0.05) is 13.3 Å². The van der Waals surface area contributed by atoms with Gasteiger partial charge in [-0.15, -0.1) is 0 Å². The number of alkyl carbamates (subject to hydrolysis) is 1. The van der Waals surface area contributed by atoms with Crippen molar-refractivity contribution in [2.45, 2.75) is 77.2 Å². The molecule has 6 heteroatoms. The van der Waals surface area contributed by atoms with E-state index >= 15 is 0 Å². The zero-order valence-electron chi connectivity index (χ0n) is 12.6. The van der Waals surface area contributed by atoms with Gasteiger partial charge in [-0.3, -0.25) is 0 Å². The summed E-state index contributed by atoms with van der Waals surface area (Å²) in [6.07, 6.45) is 1.02. The molecule has 0 aromatic heterocycles. The van der Waals surface area contributed by atoms with Gasteiger partial charge in [-0.2, -0.15) is 0 Å². The molecule has 116 valence electrons. The standard InChI is InChI=1S/C14H25NO5/c1-5-6-10-9(7-8-11(19-10)12(16)17)15-13(18)20-14(2,3)4/h9-11H,5-8H2,1-4H3,(H,15,18)(H,16,17)/t9-,10+,11-/m0/s1. The SMILES string of the molecule is CCC[C@H]1O[C@H](C(=O)O)CC[C@@H]1NC(=O)OC(C)(C)C. The van der Waals surface area contributed by atoms with Crippen molar-refractivity contribution < 1.29 is 24.2 Å². The van der Waals surface area contributed by atoms with Crippen LogP contribution in [0.1, 0.15) is 53.4 Å². The van der Waals surface area contributed by atoms with Gasteiger partial charge in [-0.25, -0.2) is 9.59 Å². The molecule has 1 heterocycles. The van der Waals surface area contributed by atoms with Crippen LogP contribution in [0.15, 0.2) is 0 Å². The predicted octanol–water partition coefficient (Wildman–Crippen LogP) is 2.31. The number of carbonyl (C=O) groups is 2. The van der Waals surface area contributed by atoms with Crippen LogP contribution in [0.3, 0.4) is 0 Å². The molecule has 0 saturated carbocycles. The summed E-state index contributed by atoms with van der Waals surface area (Å²) in [5.41, 5.74) is -0.552. The molecule has 0 aromatic rings. The van der Waals surface area contributed by atoms with Crippen LogP contribution >= 0.6 is 0 Å². The second kappa shape index (κ2) is 6.92. The van der Waals surface area contributed by atoms with Crippen LogP contribution in [0.25, 0.3) is 0 Å². The second-order valence-electron chi connectivity index (χ2n) is 6.12. The number of carbonyl (C=O) groups excluding carboxylic acids is 1. The van der Waals surface area contributed by atoms with Gasteiger partial charge in [0.15, 0.2) is 6.10 Å². The lowest BCUT2D eigenvalue weighted by Crippen LogP contribution is -2.51. The van der Waals surface area contributed by atoms with Gasteiger partial charge in [0.05, 0.1) is 12.1 Å². The first-order valence-electron chi connectivity index (χ1n) is 7.10. The molecular weight excluding hydrogens is 262 g/mol. The van der Waals surface area contributed by atoms with E-state index < -0.39 is 23.8 Å². The highest BCUT2D eigenvalue weighted by molar-refractivity contribution is 5.72. The molecule has 2 N–H and O–H groups in total. The van der Waals surface area contributed by atoms with Crippen LogP contribution in [0.2, 0.25) is 0 Å². The van der Waals surface area contributed by atoms with Crippen LogP contribution in [0.4, 0.5) is 4.79 Å². The number of hydrogen-bond donors (Lipinski definition) is 2. The van der Waals surface area contributed by atoms with Crippen LogP contribution in [0, 0.1) is 0 Å². The first-order chi connectivity index (χ1) is 9.23. The molecule has 1 aliphatic heterocycles. The molecule has 6 nitrogen and oxygen atoms in total. The number of carboxylic acid groups (broad SMARTS) is 1. The van der Waals surface area contributed by atoms with Gasteiger partial charge in [0.25, 0.3) is 0 Å². The minimum absolute atomic E-state index is 0.194. The third-order valence-corrected chi connectivity index (χ3v) is 3.08. The van der Waals surface area contributed by atoms with E-state index in [1.54, 1.807) is 20.8 Å². The van der Waals surface area contributed by atoms with Crippen molar-refractivity contribution >= 4 is 12.1 Å². The van der Waals surface area contributed by atoms with Gasteiger partial charge in [0, 0.05) is 0 Å². The Kier molecular flexibility index (Phi) is 5.80. The van der Waals surface area contributed by atoms with Crippen molar-refractivity contribution in [3.05, 3.63) is 0 Å². The molecule has 1 amide bonds. The quantitative estimate of drug-likeness (QED) is 0.828. The Morgan fingerprint density at radius 3 is 2.50 bits per heavy atom. The van der Waals surface area contributed by atoms with Crippen molar-refractivity contribution in [2.75, 3.05) is 0 Å². The Labute approximate surface area is 119 Å². The summed E-state index contributed by atoms with van der Waals surface area (Å²) < 4.78 is 10.8. The zero-order chi connectivity index (χ0) is 15.3. The minimum atomic E-state index is -0.943. The number of ether oxygens (including phenoxy) is 2. The lowest BCUT2D eigenvalue weighted by atomic mass is 9.95. The minimum Gasteiger partial charge on any atom is -0.479 e. The summed E-state index contributed by atoms with van der Waals surface area (Å²) >= 11 is 0. The molecule has 1 fully saturated rings. The van der Waals surface area contributed by atoms with E-state index in [0.29, 0.717) is 19.3 Å². The predicted molar refractivity (Wildman–Crippen MR) is 73.6 cm³/mol. The van der Waals surface area contributed by atoms with Gasteiger partial charge in [-0.05, 0) is 40.0 Å². The Morgan fingerprint density at radius 1 is 1.35 bits per heavy atom. The van der Waals surface area contributed by atoms with E-state index in [2.05, 4.69) is 5.32 Å². The lowest BCUT2D eigenvalue weighted by Gasteiger charge is -2.35. The Bertz CT molecular complexity index is 350. The van der Waals surface area contributed by atoms with Crippen LogP contribution in [-0.4, -0.2) is 41.0 Å². The first kappa shape index (κ1) is 16.8. The highest BCUT2D eigenvalue weighted by Crippen LogP contribution is 2.23. The van der Waals surface area contributed by atoms with E-state index in [-0.39, 0.29) is 12.1 Å². The number of carboxylic acids is 1. The van der Waals surface area contributed by atoms with Crippen LogP contribution < -0.4 is 5.32 Å². The van der Waals surface area contributed by atoms with Gasteiger partial charge in [0.2, 0.25) is 0 Å². The number of aliphatic carboxylic acids is 1. The molecule has 1 rings (SSSR count). The van der Waals surface area contributed by atoms with Crippen LogP contribution in [0.5, 0.6) is 0 Å². The molecule has 20 heavy (non-hydrogen) atoms. The molecular formula is C14H25NO5. The van der Waals surface area contributed by atoms with Gasteiger partial charge >= 0.3 is 12.1 Å². The molecule has 0 aromatic carbocycles. The van der Waals surface area contributed by atoms with E-state index in [1.165, 1.54) is 0 Å². The Hall–Kier alpha value is -1.30. The fourth-order valence-electron chi connectivity index (χ4n) is 2.25. The maximum atomic E-state index is 11.8. The average Bonchev–Trinajstić information content (AvgIpc) is 2.28. The molecule has 0 radical (unpaired) electrons. The van der Waals surface area contributed by atoms with E-state index in [1.807, 2.05) is 6.92 Å². The third kappa shape index (κ3) is 5.36. The second-order valence-corrected chi connectivity index (χ2v) is 6.12. The molecule has 3 atom stereocenters. The number of hydrogen-bond acceptors (Lipinski definition) is 4. The molecule has 0 aliphatic carbocycles. The largest absolute Gasteiger partial charge is 0.479 e. The summed E-state index contributed by atoms with van der Waals surface area (Å²) in [6, 6.07) is -0.194. The molecule has 0 unspecified atom stereocenters. The Balaban J connectivity index is 2.59. The summed E-state index contributed by atoms with van der Waals surface area (Å²) in [5.74, 6) is -0.943. The van der Waals surface area contributed by atoms with Crippen molar-refractivity contribution in [3.63, 3.8) is 0 Å². The molecule has 0 bridgehead atoms. The van der Waals surface area contributed by atoms with Crippen molar-refractivity contribution in [2.24, 2.45) is 0 Å². The molecule has 1 aliphatic rings. The molecule has 1 saturated heterocycles. The summed E-state index contributed by atoms with van der Waals surface area (Å²) in [7, 11) is 0. The number of rotatable bonds is 4. The normalized spacial score (nSPS) is 26.9. The maximum Gasteiger partial charge on any atom is 0.407 e. The summed E-state index contributed by atoms with van der Waals surface area (Å²) in [5, 5.41) is 11.8. The maximum absolute atomic E-state index is 11.8. The van der Waals surface area contributed by atoms with E-state index in [0.717, 1.165) is 6.42 Å². The molecule has 0 spiro atoms. The first-order valence-corrected chi connectivity index (χ1v) is 7.10. The third-order valence-electron chi connectivity index (χ3n) is 3.08. The number of nitrogens with one attached hydrogen (secondary N) is 1. The van der Waals surface area contributed by atoms with Crippen molar-refractivity contribution in [1.82, 2.24) is 5.32 Å². The lowest BCUT2D eigenvalue weighted by molar-refractivity contribution is -0.161. The zero-order valence-corrected chi connectivity index (χ0v) is 12.6. The monoisotopic (exact) mass is 287 g/mol. The highest BCUT2D eigenvalue weighted by atomic mass is 16.6. The number of amides is 1. The van der Waals surface area contributed by atoms with Gasteiger partial charge < -0.3 is 19.9 Å². The van der Waals surface area contributed by atoms with Gasteiger partial charge in [0.1, 0.15) is 5.60 Å². The fourth-order valence-corrected chi connectivity index (χ4v) is 2.25. The summed E-state index contributed by atoms with van der Waals surface area (Å²) in [6.45, 7) is 7.40. The highest BCUT2D eigenvalue weighted by Gasteiger charge is 2.35. The van der Waals surface area contributed by atoms with E-state index in [9.17, 15) is 9.59 Å². The Morgan fingerprint density at radius 2 is 2.00 bits per heavy atom. The van der Waals surface area contributed by atoms with Crippen molar-refractivity contribution in [3.8, 4) is 0 Å². The topological polar surface area (TPSA) is 84.9 Å².